The van der Waals surface area contributed by atoms with Gasteiger partial charge < -0.3 is 4.74 Å². The van der Waals surface area contributed by atoms with Crippen molar-refractivity contribution in [2.45, 2.75) is 0 Å². The number of fused-ring (bicyclic) bond motifs is 2. The lowest BCUT2D eigenvalue weighted by Gasteiger charge is -2.22. The van der Waals surface area contributed by atoms with Gasteiger partial charge >= 0.3 is 0 Å². The molecule has 10 rings (SSSR count). The van der Waals surface area contributed by atoms with Gasteiger partial charge in [0.15, 0.2) is 0 Å². The Hall–Kier alpha value is -5.92. The second-order valence-corrected chi connectivity index (χ2v) is 10.7. The lowest BCUT2D eigenvalue weighted by atomic mass is 9.86. The van der Waals surface area contributed by atoms with Crippen LogP contribution in [0.2, 0.25) is 0 Å². The van der Waals surface area contributed by atoms with Gasteiger partial charge in [-0.3, -0.25) is 0 Å². The van der Waals surface area contributed by atoms with Crippen molar-refractivity contribution in [1.82, 2.24) is 0 Å². The number of para-hydroxylation sites is 1. The number of rotatable bonds is 3. The van der Waals surface area contributed by atoms with E-state index in [9.17, 15) is 11.0 Å². The largest absolute Gasteiger partial charge is 0.456 e. The van der Waals surface area contributed by atoms with Crippen molar-refractivity contribution in [3.63, 3.8) is 0 Å². The molecule has 0 amide bonds. The number of benzene rings is 9. The molecule has 208 valence electrons. The highest BCUT2D eigenvalue weighted by molar-refractivity contribution is 6.27. The third-order valence-electron chi connectivity index (χ3n) is 8.29. The van der Waals surface area contributed by atoms with Crippen LogP contribution < -0.4 is 4.74 Å². The first-order valence-corrected chi connectivity index (χ1v) is 14.1. The first-order valence-electron chi connectivity index (χ1n) is 22.6. The maximum atomic E-state index is 9.75. The molecule has 0 bridgehead atoms. The first kappa shape index (κ1) is 13.4. The van der Waals surface area contributed by atoms with E-state index in [0.717, 1.165) is 11.1 Å². The van der Waals surface area contributed by atoms with Crippen LogP contribution in [0.5, 0.6) is 11.5 Å². The molecule has 9 aromatic rings. The smallest absolute Gasteiger partial charge is 0.135 e. The molecule has 0 N–H and O–H groups in total. The second-order valence-electron chi connectivity index (χ2n) is 10.7. The molecule has 0 saturated carbocycles. The SMILES string of the molecule is [2H]c1c([2H])c([2H])c(-c2c([2H])c([2H])c3c([2H])c([2H])c4c(-c5c([2H])c([2H])c([2H])c(-c6ccc7c8c(cccc68)-c6ccccc6O7)c5[2H])c([2H])c([2H])c5c([2H])c([2H])c2c3c54)c([2H])c1[2H]. The van der Waals surface area contributed by atoms with Crippen LogP contribution in [0.1, 0.15) is 23.3 Å². The molecule has 1 aliphatic rings. The van der Waals surface area contributed by atoms with Crippen molar-refractivity contribution < 1.29 is 28.0 Å². The van der Waals surface area contributed by atoms with Gasteiger partial charge in [0.1, 0.15) is 11.5 Å². The summed E-state index contributed by atoms with van der Waals surface area (Å²) in [5, 5.41) is -0.658. The van der Waals surface area contributed by atoms with E-state index in [0.29, 0.717) is 27.8 Å². The van der Waals surface area contributed by atoms with E-state index in [1.807, 2.05) is 30.3 Å². The van der Waals surface area contributed by atoms with Gasteiger partial charge in [0.05, 0.1) is 23.3 Å². The summed E-state index contributed by atoms with van der Waals surface area (Å²) in [5.74, 6) is 1.14. The normalized spacial score (nSPS) is 17.5. The third-order valence-corrected chi connectivity index (χ3v) is 8.29. The summed E-state index contributed by atoms with van der Waals surface area (Å²) in [4.78, 5) is 0. The van der Waals surface area contributed by atoms with E-state index >= 15 is 0 Å². The molecule has 0 radical (unpaired) electrons. The predicted molar refractivity (Wildman–Crippen MR) is 189 cm³/mol. The zero-order valence-corrected chi connectivity index (χ0v) is 23.1. The van der Waals surface area contributed by atoms with Crippen LogP contribution in [0.25, 0.3) is 87.6 Å². The fraction of sp³-hybridized carbons (Fsp3) is 0. The highest BCUT2D eigenvalue weighted by Crippen LogP contribution is 2.49. The first-order chi connectivity index (χ1) is 29.4. The van der Waals surface area contributed by atoms with E-state index in [4.69, 9.17) is 17.1 Å². The predicted octanol–water partition coefficient (Wildman–Crippen LogP) is 12.5. The standard InChI is InChI=1S/C44H26O/c1-2-8-27(9-3-1)32-20-16-28-19-23-39-33(21-17-29-18-22-38(32)42(28)43(29)39)30-10-6-11-31(26-30)34-24-25-41-44-36(34)13-7-14-37(44)35-12-4-5-15-40(35)45-41/h1-26H/i1D,2D,3D,6D,8D,9D,10D,11D,16D,17D,18D,19D,20D,21D,22D,23D,26D. The summed E-state index contributed by atoms with van der Waals surface area (Å²) in [6, 6.07) is 4.55. The van der Waals surface area contributed by atoms with Crippen molar-refractivity contribution in [1.29, 1.82) is 0 Å². The van der Waals surface area contributed by atoms with Crippen LogP contribution in [0.3, 0.4) is 0 Å². The number of hydrogen-bond donors (Lipinski definition) is 0. The molecule has 0 unspecified atom stereocenters. The molecule has 1 nitrogen and oxygen atoms in total. The summed E-state index contributed by atoms with van der Waals surface area (Å²) in [5.41, 5.74) is -0.0392. The van der Waals surface area contributed by atoms with Gasteiger partial charge in [0.25, 0.3) is 0 Å². The van der Waals surface area contributed by atoms with Gasteiger partial charge in [0, 0.05) is 10.9 Å². The Labute approximate surface area is 284 Å². The Balaban J connectivity index is 1.38. The Kier molecular flexibility index (Phi) is 2.76. The molecule has 0 spiro atoms. The van der Waals surface area contributed by atoms with Crippen LogP contribution in [-0.2, 0) is 0 Å². The fourth-order valence-electron chi connectivity index (χ4n) is 6.34. The van der Waals surface area contributed by atoms with Crippen LogP contribution in [0, 0.1) is 0 Å². The topological polar surface area (TPSA) is 9.23 Å². The van der Waals surface area contributed by atoms with Crippen molar-refractivity contribution in [2.24, 2.45) is 0 Å². The van der Waals surface area contributed by atoms with E-state index in [1.165, 1.54) is 0 Å². The highest BCUT2D eigenvalue weighted by Gasteiger charge is 2.21. The molecule has 0 saturated heterocycles. The summed E-state index contributed by atoms with van der Waals surface area (Å²) in [6.07, 6.45) is 0. The van der Waals surface area contributed by atoms with Gasteiger partial charge in [-0.15, -0.1) is 0 Å². The molecule has 1 heteroatoms. The van der Waals surface area contributed by atoms with Gasteiger partial charge in [-0.05, 0) is 94.8 Å². The van der Waals surface area contributed by atoms with Crippen LogP contribution >= 0.6 is 0 Å². The van der Waals surface area contributed by atoms with E-state index in [1.54, 1.807) is 24.3 Å². The average molecular weight is 588 g/mol. The Morgan fingerprint density at radius 2 is 1.02 bits per heavy atom. The number of ether oxygens (including phenoxy) is 1. The maximum absolute atomic E-state index is 9.75. The molecule has 1 aliphatic heterocycles. The van der Waals surface area contributed by atoms with Crippen LogP contribution in [0.15, 0.2) is 157 Å². The molecule has 0 fully saturated rings. The molecule has 0 atom stereocenters. The Morgan fingerprint density at radius 3 is 1.80 bits per heavy atom. The van der Waals surface area contributed by atoms with E-state index in [-0.39, 0.29) is 37.9 Å². The second kappa shape index (κ2) is 9.29. The van der Waals surface area contributed by atoms with Crippen molar-refractivity contribution in [3.05, 3.63) is 157 Å². The minimum absolute atomic E-state index is 0.108. The summed E-state index contributed by atoms with van der Waals surface area (Å²) in [6.45, 7) is 0. The van der Waals surface area contributed by atoms with E-state index in [2.05, 4.69) is 0 Å². The van der Waals surface area contributed by atoms with Gasteiger partial charge in [-0.1, -0.05) is 139 Å². The molecule has 0 aliphatic carbocycles. The lowest BCUT2D eigenvalue weighted by Crippen LogP contribution is -1.97. The summed E-state index contributed by atoms with van der Waals surface area (Å²) in [7, 11) is 0. The zero-order chi connectivity index (χ0) is 44.3. The average Bonchev–Trinajstić information content (AvgIpc) is 3.26. The molecule has 9 aromatic carbocycles. The maximum Gasteiger partial charge on any atom is 0.135 e. The molecular weight excluding hydrogens is 544 g/mol. The Morgan fingerprint density at radius 1 is 0.378 bits per heavy atom. The zero-order valence-electron chi connectivity index (χ0n) is 40.1. The van der Waals surface area contributed by atoms with Crippen molar-refractivity contribution in [2.75, 3.05) is 0 Å². The van der Waals surface area contributed by atoms with Gasteiger partial charge in [-0.25, -0.2) is 0 Å². The van der Waals surface area contributed by atoms with Crippen molar-refractivity contribution >= 4 is 43.1 Å². The van der Waals surface area contributed by atoms with E-state index < -0.39 is 125 Å². The minimum atomic E-state index is -0.765. The number of hydrogen-bond acceptors (Lipinski definition) is 1. The van der Waals surface area contributed by atoms with Crippen LogP contribution in [-0.4, -0.2) is 0 Å². The molecule has 1 heterocycles. The highest BCUT2D eigenvalue weighted by atomic mass is 16.5. The molecule has 45 heavy (non-hydrogen) atoms. The van der Waals surface area contributed by atoms with Gasteiger partial charge in [-0.2, -0.15) is 0 Å². The monoisotopic (exact) mass is 587 g/mol. The Bertz CT molecular complexity index is 3550. The lowest BCUT2D eigenvalue weighted by molar-refractivity contribution is 0.487. The minimum Gasteiger partial charge on any atom is -0.456 e. The molecular formula is C44H26O. The van der Waals surface area contributed by atoms with Crippen molar-refractivity contribution in [3.8, 4) is 56.0 Å². The van der Waals surface area contributed by atoms with Gasteiger partial charge in [0.2, 0.25) is 0 Å². The fourth-order valence-corrected chi connectivity index (χ4v) is 6.34. The summed E-state index contributed by atoms with van der Waals surface area (Å²) < 4.78 is 160. The third kappa shape index (κ3) is 3.56. The van der Waals surface area contributed by atoms with Crippen LogP contribution in [0.4, 0.5) is 0 Å². The summed E-state index contributed by atoms with van der Waals surface area (Å²) >= 11 is 0. The molecule has 0 aromatic heterocycles. The quantitative estimate of drug-likeness (QED) is 0.187.